The predicted molar refractivity (Wildman–Crippen MR) is 78.9 cm³/mol. The van der Waals surface area contributed by atoms with Crippen LogP contribution < -0.4 is 11.1 Å². The Morgan fingerprint density at radius 1 is 1.40 bits per heavy atom. The molecule has 5 heteroatoms. The zero-order valence-corrected chi connectivity index (χ0v) is 11.5. The van der Waals surface area contributed by atoms with Gasteiger partial charge in [-0.1, -0.05) is 35.9 Å². The van der Waals surface area contributed by atoms with E-state index in [1.54, 1.807) is 6.07 Å². The summed E-state index contributed by atoms with van der Waals surface area (Å²) in [6.07, 6.45) is 3.42. The molecule has 4 nitrogen and oxygen atoms in total. The number of aryl methyl sites for hydroxylation is 1. The number of primary amides is 1. The molecule has 0 bridgehead atoms. The molecule has 20 heavy (non-hydrogen) atoms. The molecule has 1 aromatic carbocycles. The fourth-order valence-corrected chi connectivity index (χ4v) is 2.80. The lowest BCUT2D eigenvalue weighted by Crippen LogP contribution is -2.16. The third kappa shape index (κ3) is 2.34. The molecule has 0 unspecified atom stereocenters. The van der Waals surface area contributed by atoms with Crippen LogP contribution in [0.4, 0.5) is 5.69 Å². The maximum absolute atomic E-state index is 11.5. The molecule has 1 heterocycles. The van der Waals surface area contributed by atoms with Crippen molar-refractivity contribution in [2.45, 2.75) is 18.9 Å². The standard InChI is InChI=1S/C15H14ClN3O/c16-14-7-13(11(8-18-14)15(17)20)19-12-6-5-9-3-1-2-4-10(9)12/h1-4,7-8,12H,5-6H2,(H2,17,20)(H,18,19)/t12-/m1/s1. The van der Waals surface area contributed by atoms with Crippen molar-refractivity contribution in [3.63, 3.8) is 0 Å². The average Bonchev–Trinajstić information content (AvgIpc) is 2.82. The molecule has 1 amide bonds. The minimum absolute atomic E-state index is 0.169. The number of carbonyl (C=O) groups excluding carboxylic acids is 1. The van der Waals surface area contributed by atoms with Crippen LogP contribution in [0.3, 0.4) is 0 Å². The van der Waals surface area contributed by atoms with Crippen molar-refractivity contribution in [2.75, 3.05) is 5.32 Å². The number of hydrogen-bond acceptors (Lipinski definition) is 3. The largest absolute Gasteiger partial charge is 0.377 e. The number of carbonyl (C=O) groups is 1. The van der Waals surface area contributed by atoms with Crippen LogP contribution in [0.5, 0.6) is 0 Å². The zero-order valence-electron chi connectivity index (χ0n) is 10.8. The molecule has 0 spiro atoms. The fourth-order valence-electron chi connectivity index (χ4n) is 2.64. The highest BCUT2D eigenvalue weighted by molar-refractivity contribution is 6.29. The third-order valence-corrected chi connectivity index (χ3v) is 3.81. The summed E-state index contributed by atoms with van der Waals surface area (Å²) in [7, 11) is 0. The number of hydrogen-bond donors (Lipinski definition) is 2. The molecule has 2 aromatic rings. The maximum atomic E-state index is 11.5. The number of nitrogens with two attached hydrogens (primary N) is 1. The summed E-state index contributed by atoms with van der Waals surface area (Å²) in [6, 6.07) is 10.1. The summed E-state index contributed by atoms with van der Waals surface area (Å²) in [5.41, 5.74) is 8.97. The van der Waals surface area contributed by atoms with Gasteiger partial charge in [-0.2, -0.15) is 0 Å². The predicted octanol–water partition coefficient (Wildman–Crippen LogP) is 2.93. The van der Waals surface area contributed by atoms with Crippen LogP contribution >= 0.6 is 11.6 Å². The number of aromatic nitrogens is 1. The third-order valence-electron chi connectivity index (χ3n) is 3.60. The van der Waals surface area contributed by atoms with Crippen LogP contribution in [-0.4, -0.2) is 10.9 Å². The quantitative estimate of drug-likeness (QED) is 0.853. The molecular weight excluding hydrogens is 274 g/mol. The lowest BCUT2D eigenvalue weighted by Gasteiger charge is -2.17. The minimum Gasteiger partial charge on any atom is -0.377 e. The highest BCUT2D eigenvalue weighted by Crippen LogP contribution is 2.34. The maximum Gasteiger partial charge on any atom is 0.252 e. The van der Waals surface area contributed by atoms with Crippen molar-refractivity contribution < 1.29 is 4.79 Å². The van der Waals surface area contributed by atoms with Crippen LogP contribution in [0.25, 0.3) is 0 Å². The van der Waals surface area contributed by atoms with Gasteiger partial charge in [-0.15, -0.1) is 0 Å². The summed E-state index contributed by atoms with van der Waals surface area (Å²) >= 11 is 5.90. The Kier molecular flexibility index (Phi) is 3.32. The van der Waals surface area contributed by atoms with Gasteiger partial charge in [-0.3, -0.25) is 4.79 Å². The van der Waals surface area contributed by atoms with Crippen molar-refractivity contribution in [3.05, 3.63) is 58.4 Å². The van der Waals surface area contributed by atoms with E-state index in [1.807, 2.05) is 12.1 Å². The fraction of sp³-hybridized carbons (Fsp3) is 0.200. The first kappa shape index (κ1) is 12.9. The van der Waals surface area contributed by atoms with Crippen LogP contribution in [0.15, 0.2) is 36.5 Å². The smallest absolute Gasteiger partial charge is 0.252 e. The monoisotopic (exact) mass is 287 g/mol. The van der Waals surface area contributed by atoms with E-state index >= 15 is 0 Å². The van der Waals surface area contributed by atoms with Crippen LogP contribution in [0.2, 0.25) is 5.15 Å². The molecule has 0 saturated carbocycles. The van der Waals surface area contributed by atoms with Crippen molar-refractivity contribution in [3.8, 4) is 0 Å². The second kappa shape index (κ2) is 5.13. The van der Waals surface area contributed by atoms with E-state index < -0.39 is 5.91 Å². The van der Waals surface area contributed by atoms with E-state index in [4.69, 9.17) is 17.3 Å². The van der Waals surface area contributed by atoms with E-state index in [-0.39, 0.29) is 6.04 Å². The molecular formula is C15H14ClN3O. The Bertz CT molecular complexity index is 672. The topological polar surface area (TPSA) is 68.0 Å². The summed E-state index contributed by atoms with van der Waals surface area (Å²) in [6.45, 7) is 0. The Labute approximate surface area is 122 Å². The number of anilines is 1. The number of fused-ring (bicyclic) bond motifs is 1. The lowest BCUT2D eigenvalue weighted by atomic mass is 10.1. The lowest BCUT2D eigenvalue weighted by molar-refractivity contribution is 0.100. The Morgan fingerprint density at radius 3 is 3.00 bits per heavy atom. The number of nitrogens with zero attached hydrogens (tertiary/aromatic N) is 1. The van der Waals surface area contributed by atoms with Gasteiger partial charge in [0, 0.05) is 6.20 Å². The Morgan fingerprint density at radius 2 is 2.20 bits per heavy atom. The first-order valence-corrected chi connectivity index (χ1v) is 6.82. The molecule has 1 aromatic heterocycles. The van der Waals surface area contributed by atoms with E-state index in [0.29, 0.717) is 16.4 Å². The van der Waals surface area contributed by atoms with Gasteiger partial charge in [0.15, 0.2) is 0 Å². The molecule has 3 rings (SSSR count). The number of rotatable bonds is 3. The number of halogens is 1. The van der Waals surface area contributed by atoms with E-state index in [0.717, 1.165) is 12.8 Å². The van der Waals surface area contributed by atoms with Crippen molar-refractivity contribution >= 4 is 23.2 Å². The van der Waals surface area contributed by atoms with Crippen LogP contribution in [0.1, 0.15) is 33.9 Å². The van der Waals surface area contributed by atoms with Gasteiger partial charge in [0.25, 0.3) is 5.91 Å². The Balaban J connectivity index is 1.93. The SMILES string of the molecule is NC(=O)c1cnc(Cl)cc1N[C@@H]1CCc2ccccc21. The highest BCUT2D eigenvalue weighted by Gasteiger charge is 2.23. The van der Waals surface area contributed by atoms with Crippen molar-refractivity contribution in [1.82, 2.24) is 4.98 Å². The van der Waals surface area contributed by atoms with Gasteiger partial charge in [0.05, 0.1) is 17.3 Å². The molecule has 0 saturated heterocycles. The molecule has 1 aliphatic rings. The summed E-state index contributed by atoms with van der Waals surface area (Å²) in [4.78, 5) is 15.4. The molecule has 0 fully saturated rings. The van der Waals surface area contributed by atoms with Gasteiger partial charge in [-0.25, -0.2) is 4.98 Å². The summed E-state index contributed by atoms with van der Waals surface area (Å²) in [5, 5.41) is 3.70. The van der Waals surface area contributed by atoms with Crippen molar-refractivity contribution in [1.29, 1.82) is 0 Å². The second-order valence-corrected chi connectivity index (χ2v) is 5.24. The van der Waals surface area contributed by atoms with E-state index in [1.165, 1.54) is 17.3 Å². The molecule has 0 aliphatic heterocycles. The number of amides is 1. The molecule has 102 valence electrons. The van der Waals surface area contributed by atoms with Gasteiger partial charge >= 0.3 is 0 Å². The first-order valence-electron chi connectivity index (χ1n) is 6.45. The van der Waals surface area contributed by atoms with Gasteiger partial charge in [-0.05, 0) is 30.0 Å². The zero-order chi connectivity index (χ0) is 14.1. The molecule has 3 N–H and O–H groups in total. The van der Waals surface area contributed by atoms with Gasteiger partial charge in [0.2, 0.25) is 0 Å². The first-order chi connectivity index (χ1) is 9.65. The van der Waals surface area contributed by atoms with Gasteiger partial charge < -0.3 is 11.1 Å². The average molecular weight is 288 g/mol. The van der Waals surface area contributed by atoms with Crippen LogP contribution in [-0.2, 0) is 6.42 Å². The van der Waals surface area contributed by atoms with Crippen LogP contribution in [0, 0.1) is 0 Å². The highest BCUT2D eigenvalue weighted by atomic mass is 35.5. The normalized spacial score (nSPS) is 16.8. The number of pyridine rings is 1. The van der Waals surface area contributed by atoms with E-state index in [9.17, 15) is 4.79 Å². The Hall–Kier alpha value is -2.07. The number of benzene rings is 1. The van der Waals surface area contributed by atoms with Crippen molar-refractivity contribution in [2.24, 2.45) is 5.73 Å². The molecule has 1 aliphatic carbocycles. The summed E-state index contributed by atoms with van der Waals surface area (Å²) in [5.74, 6) is -0.511. The van der Waals surface area contributed by atoms with E-state index in [2.05, 4.69) is 22.4 Å². The summed E-state index contributed by atoms with van der Waals surface area (Å²) < 4.78 is 0. The number of nitrogens with one attached hydrogen (secondary N) is 1. The molecule has 1 atom stereocenters. The minimum atomic E-state index is -0.511. The molecule has 0 radical (unpaired) electrons. The van der Waals surface area contributed by atoms with Gasteiger partial charge in [0.1, 0.15) is 5.15 Å². The second-order valence-electron chi connectivity index (χ2n) is 4.85.